The Hall–Kier alpha value is -3.02. The Labute approximate surface area is 189 Å². The van der Waals surface area contributed by atoms with Gasteiger partial charge in [0.1, 0.15) is 17.2 Å². The molecule has 0 aliphatic heterocycles. The van der Waals surface area contributed by atoms with E-state index in [0.29, 0.717) is 26.1 Å². The van der Waals surface area contributed by atoms with Crippen molar-refractivity contribution in [2.75, 3.05) is 14.2 Å². The molecule has 0 unspecified atom stereocenters. The molecule has 0 spiro atoms. The first-order chi connectivity index (χ1) is 15.2. The Balaban J connectivity index is 1.99. The maximum absolute atomic E-state index is 11.1. The standard InChI is InChI=1S/C27H32O5/c1-16-6-19(12-21-8-17(2)10-23(14-31-4)26(21)29)25(28)20(7-16)13-22-9-18(3)11-24(15-32-5)27(22)30/h6-11,28-30H,12-15H2,1-5H3. The van der Waals surface area contributed by atoms with Gasteiger partial charge in [0, 0.05) is 38.2 Å². The maximum atomic E-state index is 11.1. The van der Waals surface area contributed by atoms with Gasteiger partial charge < -0.3 is 24.8 Å². The lowest BCUT2D eigenvalue weighted by atomic mass is 9.92. The van der Waals surface area contributed by atoms with Crippen LogP contribution in [0.1, 0.15) is 50.1 Å². The van der Waals surface area contributed by atoms with Gasteiger partial charge in [0.25, 0.3) is 0 Å². The molecule has 0 bridgehead atoms. The Kier molecular flexibility index (Phi) is 7.44. The number of methoxy groups -OCH3 is 2. The lowest BCUT2D eigenvalue weighted by Gasteiger charge is -2.16. The highest BCUT2D eigenvalue weighted by Gasteiger charge is 2.17. The van der Waals surface area contributed by atoms with Gasteiger partial charge in [-0.1, -0.05) is 53.1 Å². The molecule has 5 heteroatoms. The van der Waals surface area contributed by atoms with Crippen molar-refractivity contribution in [3.05, 3.63) is 86.5 Å². The first kappa shape index (κ1) is 23.6. The van der Waals surface area contributed by atoms with Gasteiger partial charge in [-0.25, -0.2) is 0 Å². The number of rotatable bonds is 8. The highest BCUT2D eigenvalue weighted by Crippen LogP contribution is 2.35. The molecule has 0 amide bonds. The van der Waals surface area contributed by atoms with Gasteiger partial charge in [-0.05, 0) is 43.0 Å². The lowest BCUT2D eigenvalue weighted by Crippen LogP contribution is -2.00. The van der Waals surface area contributed by atoms with Crippen molar-refractivity contribution < 1.29 is 24.8 Å². The molecule has 0 aromatic heterocycles. The van der Waals surface area contributed by atoms with Crippen molar-refractivity contribution in [1.29, 1.82) is 0 Å². The SMILES string of the molecule is COCc1cc(C)cc(Cc2cc(C)cc(Cc3cc(C)cc(COC)c3O)c2O)c1O. The molecular weight excluding hydrogens is 404 g/mol. The Morgan fingerprint density at radius 3 is 1.03 bits per heavy atom. The number of hydrogen-bond donors (Lipinski definition) is 3. The molecule has 0 radical (unpaired) electrons. The highest BCUT2D eigenvalue weighted by atomic mass is 16.5. The van der Waals surface area contributed by atoms with Crippen molar-refractivity contribution in [2.45, 2.75) is 46.8 Å². The van der Waals surface area contributed by atoms with Crippen LogP contribution in [0.3, 0.4) is 0 Å². The molecule has 0 saturated heterocycles. The number of aromatic hydroxyl groups is 3. The van der Waals surface area contributed by atoms with Crippen LogP contribution in [-0.4, -0.2) is 29.5 Å². The van der Waals surface area contributed by atoms with Crippen LogP contribution in [-0.2, 0) is 35.5 Å². The van der Waals surface area contributed by atoms with E-state index in [0.717, 1.165) is 50.1 Å². The zero-order valence-corrected chi connectivity index (χ0v) is 19.5. The minimum Gasteiger partial charge on any atom is -0.507 e. The van der Waals surface area contributed by atoms with Crippen molar-refractivity contribution in [3.63, 3.8) is 0 Å². The molecule has 3 aromatic carbocycles. The first-order valence-corrected chi connectivity index (χ1v) is 10.7. The van der Waals surface area contributed by atoms with Crippen molar-refractivity contribution in [1.82, 2.24) is 0 Å². The molecule has 0 fully saturated rings. The summed E-state index contributed by atoms with van der Waals surface area (Å²) in [6, 6.07) is 11.5. The fourth-order valence-electron chi connectivity index (χ4n) is 4.28. The van der Waals surface area contributed by atoms with Gasteiger partial charge in [-0.15, -0.1) is 0 Å². The van der Waals surface area contributed by atoms with E-state index in [1.54, 1.807) is 14.2 Å². The van der Waals surface area contributed by atoms with Gasteiger partial charge in [-0.2, -0.15) is 0 Å². The third kappa shape index (κ3) is 5.23. The average molecular weight is 437 g/mol. The van der Waals surface area contributed by atoms with E-state index >= 15 is 0 Å². The van der Waals surface area contributed by atoms with Gasteiger partial charge in [0.15, 0.2) is 0 Å². The number of ether oxygens (including phenoxy) is 2. The van der Waals surface area contributed by atoms with Crippen LogP contribution in [0.4, 0.5) is 0 Å². The second-order valence-corrected chi connectivity index (χ2v) is 8.51. The molecule has 170 valence electrons. The summed E-state index contributed by atoms with van der Waals surface area (Å²) in [5.74, 6) is 0.569. The van der Waals surface area contributed by atoms with Crippen LogP contribution in [0.2, 0.25) is 0 Å². The summed E-state index contributed by atoms with van der Waals surface area (Å²) in [5.41, 5.74) is 7.44. The molecule has 0 atom stereocenters. The lowest BCUT2D eigenvalue weighted by molar-refractivity contribution is 0.181. The van der Waals surface area contributed by atoms with Gasteiger partial charge in [-0.3, -0.25) is 0 Å². The third-order valence-corrected chi connectivity index (χ3v) is 5.60. The molecule has 32 heavy (non-hydrogen) atoms. The van der Waals surface area contributed by atoms with E-state index in [-0.39, 0.29) is 17.2 Å². The summed E-state index contributed by atoms with van der Waals surface area (Å²) in [6.45, 7) is 6.57. The van der Waals surface area contributed by atoms with Crippen LogP contribution in [0, 0.1) is 20.8 Å². The second-order valence-electron chi connectivity index (χ2n) is 8.51. The Morgan fingerprint density at radius 1 is 0.500 bits per heavy atom. The Morgan fingerprint density at radius 2 is 0.750 bits per heavy atom. The van der Waals surface area contributed by atoms with Crippen LogP contribution in [0.25, 0.3) is 0 Å². The minimum absolute atomic E-state index is 0.180. The van der Waals surface area contributed by atoms with Crippen molar-refractivity contribution >= 4 is 0 Å². The summed E-state index contributed by atoms with van der Waals surface area (Å²) in [5, 5.41) is 32.5. The van der Waals surface area contributed by atoms with Crippen molar-refractivity contribution in [2.24, 2.45) is 0 Å². The molecule has 0 saturated carbocycles. The molecule has 3 aromatic rings. The molecule has 5 nitrogen and oxygen atoms in total. The van der Waals surface area contributed by atoms with Gasteiger partial charge in [0.2, 0.25) is 0 Å². The molecule has 0 aliphatic carbocycles. The summed E-state index contributed by atoms with van der Waals surface area (Å²) in [6.07, 6.45) is 0.777. The summed E-state index contributed by atoms with van der Waals surface area (Å²) in [4.78, 5) is 0. The first-order valence-electron chi connectivity index (χ1n) is 10.7. The topological polar surface area (TPSA) is 79.2 Å². The molecule has 0 heterocycles. The predicted molar refractivity (Wildman–Crippen MR) is 126 cm³/mol. The van der Waals surface area contributed by atoms with Crippen LogP contribution >= 0.6 is 0 Å². The summed E-state index contributed by atoms with van der Waals surface area (Å²) in [7, 11) is 3.19. The monoisotopic (exact) mass is 436 g/mol. The fraction of sp³-hybridized carbons (Fsp3) is 0.333. The predicted octanol–water partition coefficient (Wildman–Crippen LogP) is 5.20. The summed E-state index contributed by atoms with van der Waals surface area (Å²) >= 11 is 0. The Bertz CT molecular complexity index is 1030. The zero-order chi connectivity index (χ0) is 23.4. The molecular formula is C27H32O5. The number of aryl methyl sites for hydroxylation is 3. The zero-order valence-electron chi connectivity index (χ0n) is 19.5. The average Bonchev–Trinajstić information content (AvgIpc) is 2.72. The smallest absolute Gasteiger partial charge is 0.124 e. The highest BCUT2D eigenvalue weighted by molar-refractivity contribution is 5.53. The number of phenolic OH excluding ortho intramolecular Hbond substituents is 3. The van der Waals surface area contributed by atoms with Gasteiger partial charge in [0.05, 0.1) is 13.2 Å². The van der Waals surface area contributed by atoms with E-state index in [2.05, 4.69) is 0 Å². The molecule has 3 N–H and O–H groups in total. The van der Waals surface area contributed by atoms with E-state index in [1.165, 1.54) is 0 Å². The normalized spacial score (nSPS) is 11.2. The number of hydrogen-bond acceptors (Lipinski definition) is 5. The van der Waals surface area contributed by atoms with E-state index < -0.39 is 0 Å². The van der Waals surface area contributed by atoms with Crippen LogP contribution < -0.4 is 0 Å². The van der Waals surface area contributed by atoms with E-state index in [1.807, 2.05) is 57.2 Å². The molecule has 0 aliphatic rings. The summed E-state index contributed by atoms with van der Waals surface area (Å²) < 4.78 is 10.4. The van der Waals surface area contributed by atoms with E-state index in [4.69, 9.17) is 9.47 Å². The van der Waals surface area contributed by atoms with Crippen LogP contribution in [0.15, 0.2) is 36.4 Å². The van der Waals surface area contributed by atoms with E-state index in [9.17, 15) is 15.3 Å². The quantitative estimate of drug-likeness (QED) is 0.452. The van der Waals surface area contributed by atoms with Crippen LogP contribution in [0.5, 0.6) is 17.2 Å². The number of benzene rings is 3. The van der Waals surface area contributed by atoms with Gasteiger partial charge >= 0.3 is 0 Å². The minimum atomic E-state index is 0.180. The van der Waals surface area contributed by atoms with Crippen molar-refractivity contribution in [3.8, 4) is 17.2 Å². The molecule has 3 rings (SSSR count). The third-order valence-electron chi connectivity index (χ3n) is 5.60. The fourth-order valence-corrected chi connectivity index (χ4v) is 4.28. The maximum Gasteiger partial charge on any atom is 0.124 e. The number of phenols is 3. The second kappa shape index (κ2) is 10.1. The largest absolute Gasteiger partial charge is 0.507 e.